The second-order valence-electron chi connectivity index (χ2n) is 10.2. The summed E-state index contributed by atoms with van der Waals surface area (Å²) in [5.41, 5.74) is 2.58. The van der Waals surface area contributed by atoms with Crippen LogP contribution in [0.1, 0.15) is 40.9 Å². The van der Waals surface area contributed by atoms with E-state index in [9.17, 15) is 23.2 Å². The lowest BCUT2D eigenvalue weighted by atomic mass is 10.0. The second-order valence-corrected chi connectivity index (χ2v) is 11.2. The second kappa shape index (κ2) is 16.0. The van der Waals surface area contributed by atoms with Crippen LogP contribution in [0, 0.1) is 11.6 Å². The van der Waals surface area contributed by atoms with Crippen molar-refractivity contribution in [2.75, 3.05) is 37.5 Å². The van der Waals surface area contributed by atoms with Gasteiger partial charge in [-0.2, -0.15) is 0 Å². The molecule has 0 radical (unpaired) electrons. The highest BCUT2D eigenvalue weighted by atomic mass is 32.1. The molecule has 0 aliphatic heterocycles. The Balaban J connectivity index is 1.91. The summed E-state index contributed by atoms with van der Waals surface area (Å²) in [6, 6.07) is 19.8. The summed E-state index contributed by atoms with van der Waals surface area (Å²) in [6.07, 6.45) is -0.877. The van der Waals surface area contributed by atoms with Crippen molar-refractivity contribution in [2.24, 2.45) is 0 Å². The highest BCUT2D eigenvalue weighted by Gasteiger charge is 2.33. The molecule has 0 fully saturated rings. The van der Waals surface area contributed by atoms with Gasteiger partial charge < -0.3 is 20.1 Å². The number of hydrogen-bond donors (Lipinski definition) is 2. The van der Waals surface area contributed by atoms with E-state index in [1.165, 1.54) is 13.1 Å². The highest BCUT2D eigenvalue weighted by molar-refractivity contribution is 7.20. The minimum Gasteiger partial charge on any atom is -0.462 e. The molecule has 0 unspecified atom stereocenters. The summed E-state index contributed by atoms with van der Waals surface area (Å²) in [6.45, 7) is 3.62. The number of esters is 1. The van der Waals surface area contributed by atoms with Gasteiger partial charge >= 0.3 is 18.1 Å². The van der Waals surface area contributed by atoms with Crippen molar-refractivity contribution in [3.63, 3.8) is 0 Å². The third-order valence-electron chi connectivity index (χ3n) is 6.93. The molecule has 0 saturated carbocycles. The predicted octanol–water partition coefficient (Wildman–Crippen LogP) is 7.42. The lowest BCUT2D eigenvalue weighted by molar-refractivity contribution is 0.0525. The van der Waals surface area contributed by atoms with Crippen molar-refractivity contribution in [1.82, 2.24) is 10.2 Å². The Morgan fingerprint density at radius 2 is 1.46 bits per heavy atom. The van der Waals surface area contributed by atoms with Gasteiger partial charge in [0.2, 0.25) is 0 Å². The molecule has 4 aromatic rings. The van der Waals surface area contributed by atoms with E-state index in [0.717, 1.165) is 33.9 Å². The van der Waals surface area contributed by atoms with Crippen molar-refractivity contribution in [2.45, 2.75) is 33.5 Å². The summed E-state index contributed by atoms with van der Waals surface area (Å²) < 4.78 is 40.6. The Bertz CT molecular complexity index is 1640. The number of halogens is 2. The fraction of sp³-hybridized carbons (Fsp3) is 0.265. The third-order valence-corrected chi connectivity index (χ3v) is 8.24. The zero-order valence-corrected chi connectivity index (χ0v) is 26.9. The fourth-order valence-electron chi connectivity index (χ4n) is 4.82. The molecule has 0 aliphatic rings. The van der Waals surface area contributed by atoms with Gasteiger partial charge in [0.05, 0.1) is 25.3 Å². The number of hydrogen-bond acceptors (Lipinski definition) is 7. The average Bonchev–Trinajstić information content (AvgIpc) is 3.40. The van der Waals surface area contributed by atoms with E-state index >= 15 is 0 Å². The highest BCUT2D eigenvalue weighted by Crippen LogP contribution is 2.44. The van der Waals surface area contributed by atoms with E-state index in [2.05, 4.69) is 10.6 Å². The van der Waals surface area contributed by atoms with Crippen molar-refractivity contribution < 1.29 is 32.6 Å². The Hall–Kier alpha value is -4.81. The van der Waals surface area contributed by atoms with E-state index in [0.29, 0.717) is 28.2 Å². The Morgan fingerprint density at radius 3 is 2.07 bits per heavy atom. The minimum atomic E-state index is -0.877. The number of ether oxygens (including phenoxy) is 2. The number of nitrogens with zero attached hydrogens (tertiary/aromatic N) is 2. The maximum atomic E-state index is 14.9. The summed E-state index contributed by atoms with van der Waals surface area (Å²) in [5, 5.41) is 5.34. The van der Waals surface area contributed by atoms with Crippen LogP contribution in [0.5, 0.6) is 0 Å². The van der Waals surface area contributed by atoms with Gasteiger partial charge in [-0.1, -0.05) is 48.5 Å². The van der Waals surface area contributed by atoms with Gasteiger partial charge in [0.25, 0.3) is 0 Å². The van der Waals surface area contributed by atoms with E-state index in [1.807, 2.05) is 42.3 Å². The van der Waals surface area contributed by atoms with Gasteiger partial charge in [-0.25, -0.2) is 23.2 Å². The van der Waals surface area contributed by atoms with E-state index in [1.54, 1.807) is 38.1 Å². The summed E-state index contributed by atoms with van der Waals surface area (Å²) in [7, 11) is 3.41. The lowest BCUT2D eigenvalue weighted by Crippen LogP contribution is -2.32. The molecule has 0 spiro atoms. The maximum absolute atomic E-state index is 14.9. The normalized spacial score (nSPS) is 10.8. The Labute approximate surface area is 270 Å². The lowest BCUT2D eigenvalue weighted by Gasteiger charge is -2.23. The van der Waals surface area contributed by atoms with Gasteiger partial charge in [-0.05, 0) is 56.3 Å². The van der Waals surface area contributed by atoms with Crippen molar-refractivity contribution in [1.29, 1.82) is 0 Å². The maximum Gasteiger partial charge on any atom is 0.415 e. The Morgan fingerprint density at radius 1 is 0.804 bits per heavy atom. The number of carbonyl (C=O) groups excluding carboxylic acids is 3. The minimum absolute atomic E-state index is 0.00543. The molecule has 2 N–H and O–H groups in total. The number of urea groups is 1. The molecule has 9 nitrogen and oxygen atoms in total. The van der Waals surface area contributed by atoms with Crippen LogP contribution >= 0.6 is 11.3 Å². The van der Waals surface area contributed by atoms with Gasteiger partial charge in [0.1, 0.15) is 16.6 Å². The van der Waals surface area contributed by atoms with Gasteiger partial charge in [0, 0.05) is 41.8 Å². The summed E-state index contributed by atoms with van der Waals surface area (Å²) in [4.78, 5) is 42.8. The number of benzene rings is 3. The van der Waals surface area contributed by atoms with Gasteiger partial charge in [0.15, 0.2) is 0 Å². The van der Waals surface area contributed by atoms with Crippen LogP contribution in [0.15, 0.2) is 72.8 Å². The molecule has 0 bridgehead atoms. The Kier molecular flexibility index (Phi) is 11.8. The van der Waals surface area contributed by atoms with E-state index < -0.39 is 30.2 Å². The molecule has 0 atom stereocenters. The van der Waals surface area contributed by atoms with E-state index in [4.69, 9.17) is 9.47 Å². The quantitative estimate of drug-likeness (QED) is 0.155. The van der Waals surface area contributed by atoms with Crippen LogP contribution in [0.2, 0.25) is 0 Å². The van der Waals surface area contributed by atoms with Crippen LogP contribution < -0.4 is 15.5 Å². The first-order chi connectivity index (χ1) is 22.2. The number of carbonyl (C=O) groups is 3. The number of nitrogens with one attached hydrogen (secondary N) is 2. The first kappa shape index (κ1) is 34.1. The molecule has 12 heteroatoms. The molecule has 1 aromatic heterocycles. The molecule has 242 valence electrons. The van der Waals surface area contributed by atoms with Crippen LogP contribution in [0.3, 0.4) is 0 Å². The summed E-state index contributed by atoms with van der Waals surface area (Å²) in [5.74, 6) is -2.37. The number of anilines is 2. The number of thiophene rings is 1. The largest absolute Gasteiger partial charge is 0.462 e. The SMILES string of the molecule is CCOC(=O)c1c(N(Cc2c(F)cccc2F)C(=O)OCC)sc(-c2ccc(NC(=O)NC)cc2)c1CN(C)Cc1ccccc1. The molecule has 0 aliphatic carbocycles. The third kappa shape index (κ3) is 8.26. The van der Waals surface area contributed by atoms with E-state index in [-0.39, 0.29) is 41.9 Å². The molecule has 0 saturated heterocycles. The van der Waals surface area contributed by atoms with Crippen LogP contribution in [0.4, 0.5) is 29.1 Å². The molecular formula is C34H36F2N4O5S. The van der Waals surface area contributed by atoms with Gasteiger partial charge in [-0.3, -0.25) is 9.80 Å². The fourth-order valence-corrected chi connectivity index (χ4v) is 6.12. The van der Waals surface area contributed by atoms with Crippen molar-refractivity contribution in [3.05, 3.63) is 107 Å². The van der Waals surface area contributed by atoms with Gasteiger partial charge in [-0.15, -0.1) is 11.3 Å². The standard InChI is InChI=1S/C34H36F2N4O5S/c1-5-44-32(41)29-26(20-39(4)19-22-11-8-7-9-12-22)30(23-15-17-24(18-16-23)38-33(42)37-3)46-31(29)40(34(43)45-6-2)21-25-27(35)13-10-14-28(25)36/h7-18H,5-6,19-21H2,1-4H3,(H2,37,38,42). The van der Waals surface area contributed by atoms with Crippen molar-refractivity contribution >= 4 is 40.1 Å². The van der Waals surface area contributed by atoms with Crippen molar-refractivity contribution in [3.8, 4) is 10.4 Å². The van der Waals surface area contributed by atoms with Crippen LogP contribution in [-0.4, -0.2) is 50.3 Å². The molecule has 3 amide bonds. The zero-order valence-electron chi connectivity index (χ0n) is 26.1. The topological polar surface area (TPSA) is 100 Å². The molecule has 4 rings (SSSR count). The molecule has 46 heavy (non-hydrogen) atoms. The summed E-state index contributed by atoms with van der Waals surface area (Å²) >= 11 is 1.11. The first-order valence-electron chi connectivity index (χ1n) is 14.7. The number of rotatable bonds is 12. The van der Waals surface area contributed by atoms with Crippen LogP contribution in [0.25, 0.3) is 10.4 Å². The number of amides is 3. The van der Waals surface area contributed by atoms with Crippen LogP contribution in [-0.2, 0) is 29.1 Å². The molecule has 3 aromatic carbocycles. The predicted molar refractivity (Wildman–Crippen MR) is 175 cm³/mol. The zero-order chi connectivity index (χ0) is 33.2. The smallest absolute Gasteiger partial charge is 0.415 e. The first-order valence-corrected chi connectivity index (χ1v) is 15.5. The molecule has 1 heterocycles. The molecular weight excluding hydrogens is 614 g/mol. The average molecular weight is 651 g/mol. The monoisotopic (exact) mass is 650 g/mol.